The van der Waals surface area contributed by atoms with Gasteiger partial charge in [0.15, 0.2) is 9.04 Å². The van der Waals surface area contributed by atoms with Crippen molar-refractivity contribution < 1.29 is 4.80 Å². The molecule has 1 aromatic carbocycles. The first-order valence-corrected chi connectivity index (χ1v) is 7.37. The van der Waals surface area contributed by atoms with Gasteiger partial charge in [-0.3, -0.25) is 0 Å². The van der Waals surface area contributed by atoms with Gasteiger partial charge in [-0.1, -0.05) is 55.8 Å². The van der Waals surface area contributed by atoms with Gasteiger partial charge in [-0.05, 0) is 17.7 Å². The fourth-order valence-electron chi connectivity index (χ4n) is 1.38. The van der Waals surface area contributed by atoms with E-state index in [0.29, 0.717) is 0 Å². The van der Waals surface area contributed by atoms with E-state index in [1.807, 2.05) is 18.2 Å². The average molecular weight is 206 g/mol. The van der Waals surface area contributed by atoms with Gasteiger partial charge < -0.3 is 4.80 Å². The highest BCUT2D eigenvalue weighted by atomic mass is 28.3. The number of hydrogen-bond acceptors (Lipinski definition) is 1. The van der Waals surface area contributed by atoms with E-state index in [1.165, 1.54) is 5.56 Å². The van der Waals surface area contributed by atoms with Crippen LogP contribution < -0.4 is 0 Å². The molecule has 0 aliphatic rings. The van der Waals surface area contributed by atoms with E-state index in [0.717, 1.165) is 18.5 Å². The smallest absolute Gasteiger partial charge is 0.176 e. The molecule has 1 atom stereocenters. The van der Waals surface area contributed by atoms with Crippen LogP contribution in [0, 0.1) is 0 Å². The van der Waals surface area contributed by atoms with Gasteiger partial charge in [-0.2, -0.15) is 0 Å². The number of hydrogen-bond donors (Lipinski definition) is 1. The van der Waals surface area contributed by atoms with Crippen LogP contribution in [0.25, 0.3) is 6.08 Å². The Hall–Kier alpha value is -0.863. The summed E-state index contributed by atoms with van der Waals surface area (Å²) in [6.07, 6.45) is 5.29. The molecular weight excluding hydrogens is 188 g/mol. The second kappa shape index (κ2) is 6.57. The van der Waals surface area contributed by atoms with Crippen LogP contribution in [0.2, 0.25) is 12.1 Å². The van der Waals surface area contributed by atoms with Crippen molar-refractivity contribution in [1.29, 1.82) is 0 Å². The zero-order valence-electron chi connectivity index (χ0n) is 8.69. The van der Waals surface area contributed by atoms with Gasteiger partial charge in [0, 0.05) is 0 Å². The van der Waals surface area contributed by atoms with E-state index in [2.05, 4.69) is 31.2 Å². The predicted molar refractivity (Wildman–Crippen MR) is 64.7 cm³/mol. The second-order valence-corrected chi connectivity index (χ2v) is 5.85. The Morgan fingerprint density at radius 2 is 2.00 bits per heavy atom. The van der Waals surface area contributed by atoms with Gasteiger partial charge >= 0.3 is 0 Å². The lowest BCUT2D eigenvalue weighted by Crippen LogP contribution is -2.08. The molecule has 0 fully saturated rings. The van der Waals surface area contributed by atoms with E-state index >= 15 is 0 Å². The van der Waals surface area contributed by atoms with Gasteiger partial charge in [-0.25, -0.2) is 0 Å². The van der Waals surface area contributed by atoms with Crippen molar-refractivity contribution in [2.75, 3.05) is 0 Å². The summed E-state index contributed by atoms with van der Waals surface area (Å²) in [5.74, 6) is 0. The van der Waals surface area contributed by atoms with Crippen molar-refractivity contribution >= 4 is 15.1 Å². The number of rotatable bonds is 5. The summed E-state index contributed by atoms with van der Waals surface area (Å²) in [5.41, 5.74) is 1.21. The maximum absolute atomic E-state index is 9.61. The molecule has 0 aliphatic heterocycles. The molecule has 1 nitrogen and oxygen atoms in total. The zero-order chi connectivity index (χ0) is 10.2. The quantitative estimate of drug-likeness (QED) is 0.735. The third-order valence-corrected chi connectivity index (χ3v) is 4.20. The molecule has 2 heteroatoms. The van der Waals surface area contributed by atoms with Crippen LogP contribution in [0.5, 0.6) is 0 Å². The molecule has 0 aromatic heterocycles. The standard InChI is InChI=1S/C12H18OSi/c1-2-10-14(13)11-6-9-12-7-4-3-5-8-12/h3-9,13-14H,2,10-11H2,1H3. The van der Waals surface area contributed by atoms with Crippen molar-refractivity contribution in [3.8, 4) is 0 Å². The molecule has 0 amide bonds. The lowest BCUT2D eigenvalue weighted by Gasteiger charge is -2.01. The molecule has 0 saturated carbocycles. The molecule has 0 spiro atoms. The Morgan fingerprint density at radius 1 is 1.29 bits per heavy atom. The molecule has 0 aliphatic carbocycles. The molecule has 1 aromatic rings. The molecule has 1 unspecified atom stereocenters. The van der Waals surface area contributed by atoms with Crippen LogP contribution in [-0.2, 0) is 0 Å². The van der Waals surface area contributed by atoms with Gasteiger partial charge in [0.2, 0.25) is 0 Å². The van der Waals surface area contributed by atoms with Crippen molar-refractivity contribution in [3.63, 3.8) is 0 Å². The summed E-state index contributed by atoms with van der Waals surface area (Å²) in [6.45, 7) is 2.12. The van der Waals surface area contributed by atoms with E-state index in [9.17, 15) is 4.80 Å². The van der Waals surface area contributed by atoms with Crippen LogP contribution in [0.3, 0.4) is 0 Å². The topological polar surface area (TPSA) is 20.2 Å². The van der Waals surface area contributed by atoms with Crippen LogP contribution in [0.15, 0.2) is 36.4 Å². The van der Waals surface area contributed by atoms with Gasteiger partial charge in [-0.15, -0.1) is 0 Å². The van der Waals surface area contributed by atoms with Crippen molar-refractivity contribution in [3.05, 3.63) is 42.0 Å². The fourth-order valence-corrected chi connectivity index (χ4v) is 2.73. The molecule has 0 bridgehead atoms. The minimum Gasteiger partial charge on any atom is -0.434 e. The van der Waals surface area contributed by atoms with Gasteiger partial charge in [0.05, 0.1) is 0 Å². The Morgan fingerprint density at radius 3 is 2.64 bits per heavy atom. The summed E-state index contributed by atoms with van der Waals surface area (Å²) in [4.78, 5) is 9.61. The Balaban J connectivity index is 2.34. The van der Waals surface area contributed by atoms with Crippen molar-refractivity contribution in [2.45, 2.75) is 25.4 Å². The average Bonchev–Trinajstić information content (AvgIpc) is 2.20. The minimum atomic E-state index is -1.43. The molecule has 0 heterocycles. The van der Waals surface area contributed by atoms with E-state index in [-0.39, 0.29) is 0 Å². The lowest BCUT2D eigenvalue weighted by molar-refractivity contribution is 0.569. The summed E-state index contributed by atoms with van der Waals surface area (Å²) in [7, 11) is -1.43. The first kappa shape index (κ1) is 11.2. The number of allylic oxidation sites excluding steroid dienone is 1. The summed E-state index contributed by atoms with van der Waals surface area (Å²) < 4.78 is 0. The van der Waals surface area contributed by atoms with Crippen molar-refractivity contribution in [2.24, 2.45) is 0 Å². The minimum absolute atomic E-state index is 0.892. The Labute approximate surface area is 87.8 Å². The molecule has 1 N–H and O–H groups in total. The number of benzene rings is 1. The first-order valence-electron chi connectivity index (χ1n) is 5.22. The largest absolute Gasteiger partial charge is 0.434 e. The molecule has 0 radical (unpaired) electrons. The highest BCUT2D eigenvalue weighted by molar-refractivity contribution is 6.50. The van der Waals surface area contributed by atoms with Crippen LogP contribution in [0.4, 0.5) is 0 Å². The Bertz CT molecular complexity index is 269. The van der Waals surface area contributed by atoms with Crippen LogP contribution >= 0.6 is 0 Å². The SMILES string of the molecule is CCC[SiH](O)CC=Cc1ccccc1. The summed E-state index contributed by atoms with van der Waals surface area (Å²) in [5, 5.41) is 0. The van der Waals surface area contributed by atoms with E-state index in [1.54, 1.807) is 0 Å². The molecule has 14 heavy (non-hydrogen) atoms. The van der Waals surface area contributed by atoms with Gasteiger partial charge in [0.25, 0.3) is 0 Å². The monoisotopic (exact) mass is 206 g/mol. The third kappa shape index (κ3) is 4.39. The van der Waals surface area contributed by atoms with E-state index < -0.39 is 9.04 Å². The predicted octanol–water partition coefficient (Wildman–Crippen LogP) is 2.83. The molecular formula is C12H18OSi. The normalized spacial score (nSPS) is 13.3. The second-order valence-electron chi connectivity index (χ2n) is 3.49. The zero-order valence-corrected chi connectivity index (χ0v) is 9.84. The molecule has 1 rings (SSSR count). The highest BCUT2D eigenvalue weighted by Crippen LogP contribution is 2.05. The maximum Gasteiger partial charge on any atom is 0.176 e. The van der Waals surface area contributed by atoms with E-state index in [4.69, 9.17) is 0 Å². The van der Waals surface area contributed by atoms with Crippen LogP contribution in [0.1, 0.15) is 18.9 Å². The maximum atomic E-state index is 9.61. The molecule has 76 valence electrons. The summed E-state index contributed by atoms with van der Waals surface area (Å²) in [6, 6.07) is 12.1. The third-order valence-electron chi connectivity index (χ3n) is 2.14. The van der Waals surface area contributed by atoms with Crippen molar-refractivity contribution in [1.82, 2.24) is 0 Å². The lowest BCUT2D eigenvalue weighted by atomic mass is 10.2. The fraction of sp³-hybridized carbons (Fsp3) is 0.333. The highest BCUT2D eigenvalue weighted by Gasteiger charge is 2.01. The first-order chi connectivity index (χ1) is 6.83. The summed E-state index contributed by atoms with van der Waals surface area (Å²) >= 11 is 0. The molecule has 0 saturated heterocycles. The van der Waals surface area contributed by atoms with Gasteiger partial charge in [0.1, 0.15) is 0 Å². The Kier molecular flexibility index (Phi) is 5.26. The van der Waals surface area contributed by atoms with Crippen LogP contribution in [-0.4, -0.2) is 13.8 Å².